The standard InChI is InChI=1S/C16H17FN4S/c1-11(13-4-8-15(18)9-5-13)20-21-16(22)19-10-12-2-6-14(17)7-3-12/h2-9H,10,18H2,1H3,(H2,19,21,22)/b20-11-. The molecule has 0 aliphatic heterocycles. The van der Waals surface area contributed by atoms with Crippen molar-refractivity contribution >= 4 is 28.7 Å². The molecule has 0 atom stereocenters. The second kappa shape index (κ2) is 7.51. The molecule has 0 aromatic heterocycles. The van der Waals surface area contributed by atoms with E-state index in [1.165, 1.54) is 12.1 Å². The Kier molecular flexibility index (Phi) is 5.43. The van der Waals surface area contributed by atoms with Crippen LogP contribution in [0.5, 0.6) is 0 Å². The smallest absolute Gasteiger partial charge is 0.187 e. The molecule has 0 fully saturated rings. The minimum Gasteiger partial charge on any atom is -0.399 e. The predicted molar refractivity (Wildman–Crippen MR) is 92.0 cm³/mol. The van der Waals surface area contributed by atoms with Crippen LogP contribution in [0.4, 0.5) is 10.1 Å². The molecule has 114 valence electrons. The number of nitrogens with one attached hydrogen (secondary N) is 2. The predicted octanol–water partition coefficient (Wildman–Crippen LogP) is 2.80. The number of hydrogen-bond donors (Lipinski definition) is 3. The van der Waals surface area contributed by atoms with Gasteiger partial charge in [0.05, 0.1) is 5.71 Å². The lowest BCUT2D eigenvalue weighted by molar-refractivity contribution is 0.626. The minimum atomic E-state index is -0.256. The van der Waals surface area contributed by atoms with E-state index in [9.17, 15) is 4.39 Å². The first-order valence-electron chi connectivity index (χ1n) is 6.73. The average Bonchev–Trinajstić information content (AvgIpc) is 2.52. The molecule has 4 nitrogen and oxygen atoms in total. The van der Waals surface area contributed by atoms with Crippen molar-refractivity contribution < 1.29 is 4.39 Å². The number of nitrogens with two attached hydrogens (primary N) is 1. The molecule has 2 aromatic carbocycles. The number of rotatable bonds is 4. The zero-order chi connectivity index (χ0) is 15.9. The van der Waals surface area contributed by atoms with Gasteiger partial charge in [-0.05, 0) is 54.5 Å². The summed E-state index contributed by atoms with van der Waals surface area (Å²) in [5.74, 6) is -0.256. The van der Waals surface area contributed by atoms with Gasteiger partial charge in [-0.2, -0.15) is 5.10 Å². The van der Waals surface area contributed by atoms with Crippen LogP contribution in [0, 0.1) is 5.82 Å². The summed E-state index contributed by atoms with van der Waals surface area (Å²) >= 11 is 5.14. The monoisotopic (exact) mass is 316 g/mol. The van der Waals surface area contributed by atoms with Gasteiger partial charge in [-0.25, -0.2) is 4.39 Å². The SMILES string of the molecule is C/C(=N/NC(=S)NCc1ccc(F)cc1)c1ccc(N)cc1. The number of anilines is 1. The molecule has 0 saturated heterocycles. The lowest BCUT2D eigenvalue weighted by Crippen LogP contribution is -2.32. The van der Waals surface area contributed by atoms with Crippen molar-refractivity contribution in [2.45, 2.75) is 13.5 Å². The van der Waals surface area contributed by atoms with E-state index in [2.05, 4.69) is 15.8 Å². The molecular weight excluding hydrogens is 299 g/mol. The van der Waals surface area contributed by atoms with E-state index in [4.69, 9.17) is 18.0 Å². The summed E-state index contributed by atoms with van der Waals surface area (Å²) in [6.45, 7) is 2.38. The molecule has 0 spiro atoms. The molecule has 6 heteroatoms. The van der Waals surface area contributed by atoms with Crippen molar-refractivity contribution in [3.63, 3.8) is 0 Å². The zero-order valence-electron chi connectivity index (χ0n) is 12.1. The minimum absolute atomic E-state index is 0.256. The maximum Gasteiger partial charge on any atom is 0.187 e. The van der Waals surface area contributed by atoms with Crippen LogP contribution in [0.2, 0.25) is 0 Å². The second-order valence-electron chi connectivity index (χ2n) is 4.74. The van der Waals surface area contributed by atoms with Gasteiger partial charge >= 0.3 is 0 Å². The summed E-state index contributed by atoms with van der Waals surface area (Å²) in [5.41, 5.74) is 11.8. The van der Waals surface area contributed by atoms with Gasteiger partial charge in [0.1, 0.15) is 5.82 Å². The lowest BCUT2D eigenvalue weighted by Gasteiger charge is -2.08. The molecule has 0 unspecified atom stereocenters. The van der Waals surface area contributed by atoms with E-state index in [-0.39, 0.29) is 5.82 Å². The van der Waals surface area contributed by atoms with Crippen molar-refractivity contribution in [3.8, 4) is 0 Å². The van der Waals surface area contributed by atoms with Crippen LogP contribution in [0.15, 0.2) is 53.6 Å². The van der Waals surface area contributed by atoms with Crippen LogP contribution in [0.1, 0.15) is 18.1 Å². The summed E-state index contributed by atoms with van der Waals surface area (Å²) < 4.78 is 12.8. The van der Waals surface area contributed by atoms with Crippen LogP contribution in [-0.2, 0) is 6.54 Å². The van der Waals surface area contributed by atoms with Crippen molar-refractivity contribution in [1.29, 1.82) is 0 Å². The van der Waals surface area contributed by atoms with Gasteiger partial charge in [-0.15, -0.1) is 0 Å². The maximum absolute atomic E-state index is 12.8. The Balaban J connectivity index is 1.85. The first kappa shape index (κ1) is 15.9. The fraction of sp³-hybridized carbons (Fsp3) is 0.125. The number of halogens is 1. The van der Waals surface area contributed by atoms with Crippen LogP contribution in [0.25, 0.3) is 0 Å². The Morgan fingerprint density at radius 3 is 2.41 bits per heavy atom. The first-order chi connectivity index (χ1) is 10.5. The van der Waals surface area contributed by atoms with Crippen molar-refractivity contribution in [2.75, 3.05) is 5.73 Å². The Hall–Kier alpha value is -2.47. The largest absolute Gasteiger partial charge is 0.399 e. The molecule has 0 radical (unpaired) electrons. The van der Waals surface area contributed by atoms with Crippen molar-refractivity contribution in [2.24, 2.45) is 5.10 Å². The first-order valence-corrected chi connectivity index (χ1v) is 7.14. The number of nitrogens with zero attached hydrogens (tertiary/aromatic N) is 1. The molecular formula is C16H17FN4S. The van der Waals surface area contributed by atoms with Gasteiger partial charge in [0.25, 0.3) is 0 Å². The van der Waals surface area contributed by atoms with Crippen molar-refractivity contribution in [3.05, 3.63) is 65.5 Å². The highest BCUT2D eigenvalue weighted by Crippen LogP contribution is 2.06. The van der Waals surface area contributed by atoms with Gasteiger partial charge in [-0.3, -0.25) is 5.43 Å². The summed E-state index contributed by atoms with van der Waals surface area (Å²) in [6.07, 6.45) is 0. The number of hydrogen-bond acceptors (Lipinski definition) is 3. The molecule has 0 aliphatic rings. The number of benzene rings is 2. The van der Waals surface area contributed by atoms with Gasteiger partial charge in [0.2, 0.25) is 0 Å². The summed E-state index contributed by atoms with van der Waals surface area (Å²) in [7, 11) is 0. The van der Waals surface area contributed by atoms with Crippen molar-refractivity contribution in [1.82, 2.24) is 10.7 Å². The van der Waals surface area contributed by atoms with Crippen LogP contribution < -0.4 is 16.5 Å². The Labute approximate surface area is 134 Å². The molecule has 0 aliphatic carbocycles. The number of hydrazone groups is 1. The maximum atomic E-state index is 12.8. The van der Waals surface area contributed by atoms with E-state index in [1.54, 1.807) is 12.1 Å². The summed E-state index contributed by atoms with van der Waals surface area (Å²) in [5, 5.41) is 7.62. The summed E-state index contributed by atoms with van der Waals surface area (Å²) in [6, 6.07) is 13.7. The third-order valence-corrected chi connectivity index (χ3v) is 3.26. The van der Waals surface area contributed by atoms with Crippen LogP contribution >= 0.6 is 12.2 Å². The fourth-order valence-corrected chi connectivity index (χ4v) is 1.87. The normalized spacial score (nSPS) is 11.1. The van der Waals surface area contributed by atoms with Crippen LogP contribution in [-0.4, -0.2) is 10.8 Å². The fourth-order valence-electron chi connectivity index (χ4n) is 1.75. The number of nitrogen functional groups attached to an aromatic ring is 1. The van der Waals surface area contributed by atoms with Crippen LogP contribution in [0.3, 0.4) is 0 Å². The molecule has 2 rings (SSSR count). The molecule has 2 aromatic rings. The molecule has 4 N–H and O–H groups in total. The van der Waals surface area contributed by atoms with E-state index in [1.807, 2.05) is 31.2 Å². The van der Waals surface area contributed by atoms with Gasteiger partial charge in [0, 0.05) is 12.2 Å². The van der Waals surface area contributed by atoms with E-state index < -0.39 is 0 Å². The van der Waals surface area contributed by atoms with E-state index in [0.29, 0.717) is 17.3 Å². The highest BCUT2D eigenvalue weighted by atomic mass is 32.1. The third kappa shape index (κ3) is 4.82. The molecule has 0 heterocycles. The molecule has 22 heavy (non-hydrogen) atoms. The lowest BCUT2D eigenvalue weighted by atomic mass is 10.1. The molecule has 0 amide bonds. The number of thiocarbonyl (C=S) groups is 1. The third-order valence-electron chi connectivity index (χ3n) is 3.02. The quantitative estimate of drug-likeness (QED) is 0.351. The van der Waals surface area contributed by atoms with Gasteiger partial charge < -0.3 is 11.1 Å². The topological polar surface area (TPSA) is 62.4 Å². The van der Waals surface area contributed by atoms with E-state index >= 15 is 0 Å². The Morgan fingerprint density at radius 2 is 1.77 bits per heavy atom. The average molecular weight is 316 g/mol. The van der Waals surface area contributed by atoms with Gasteiger partial charge in [-0.1, -0.05) is 24.3 Å². The van der Waals surface area contributed by atoms with Gasteiger partial charge in [0.15, 0.2) is 5.11 Å². The highest BCUT2D eigenvalue weighted by Gasteiger charge is 1.99. The Morgan fingerprint density at radius 1 is 1.14 bits per heavy atom. The van der Waals surface area contributed by atoms with E-state index in [0.717, 1.165) is 16.8 Å². The summed E-state index contributed by atoms with van der Waals surface area (Å²) in [4.78, 5) is 0. The zero-order valence-corrected chi connectivity index (χ0v) is 13.0. The highest BCUT2D eigenvalue weighted by molar-refractivity contribution is 7.80. The molecule has 0 bridgehead atoms. The second-order valence-corrected chi connectivity index (χ2v) is 5.15. The molecule has 0 saturated carbocycles. The Bertz CT molecular complexity index is 666.